The minimum atomic E-state index is -0.415. The number of methoxy groups -OCH3 is 1. The summed E-state index contributed by atoms with van der Waals surface area (Å²) >= 11 is 0. The Balaban J connectivity index is 1.75. The zero-order valence-corrected chi connectivity index (χ0v) is 11.8. The summed E-state index contributed by atoms with van der Waals surface area (Å²) in [6, 6.07) is 9.72. The highest BCUT2D eigenvalue weighted by Crippen LogP contribution is 2.34. The van der Waals surface area contributed by atoms with E-state index in [1.165, 1.54) is 17.2 Å². The smallest absolute Gasteiger partial charge is 0.127 e. The fraction of sp³-hybridized carbons (Fsp3) is 0.294. The summed E-state index contributed by atoms with van der Waals surface area (Å²) in [6.07, 6.45) is 1.95. The molecule has 0 aromatic heterocycles. The lowest BCUT2D eigenvalue weighted by atomic mass is 10.1. The van der Waals surface area contributed by atoms with Gasteiger partial charge in [-0.1, -0.05) is 6.07 Å². The number of nitrogens with one attached hydrogen (secondary N) is 1. The van der Waals surface area contributed by atoms with E-state index in [1.54, 1.807) is 7.11 Å². The van der Waals surface area contributed by atoms with Crippen molar-refractivity contribution in [1.29, 1.82) is 0 Å². The number of aryl methyl sites for hydroxylation is 1. The molecule has 4 heteroatoms. The molecular weight excluding hydrogens is 272 g/mol. The van der Waals surface area contributed by atoms with Gasteiger partial charge in [-0.3, -0.25) is 0 Å². The van der Waals surface area contributed by atoms with Gasteiger partial charge in [0, 0.05) is 18.2 Å². The molecule has 21 heavy (non-hydrogen) atoms. The Morgan fingerprint density at radius 1 is 1.19 bits per heavy atom. The van der Waals surface area contributed by atoms with Crippen LogP contribution in [0, 0.1) is 11.6 Å². The van der Waals surface area contributed by atoms with Crippen molar-refractivity contribution < 1.29 is 13.5 Å². The third-order valence-electron chi connectivity index (χ3n) is 3.98. The molecule has 0 bridgehead atoms. The molecule has 1 atom stereocenters. The van der Waals surface area contributed by atoms with Gasteiger partial charge in [0.1, 0.15) is 17.4 Å². The molecule has 3 rings (SSSR count). The summed E-state index contributed by atoms with van der Waals surface area (Å²) in [5.41, 5.74) is 2.82. The van der Waals surface area contributed by atoms with Crippen LogP contribution in [0.4, 0.5) is 8.78 Å². The van der Waals surface area contributed by atoms with Crippen LogP contribution in [0.1, 0.15) is 29.2 Å². The fourth-order valence-electron chi connectivity index (χ4n) is 2.83. The van der Waals surface area contributed by atoms with Gasteiger partial charge in [-0.25, -0.2) is 8.78 Å². The summed E-state index contributed by atoms with van der Waals surface area (Å²) in [5, 5.41) is 3.31. The van der Waals surface area contributed by atoms with Gasteiger partial charge >= 0.3 is 0 Å². The van der Waals surface area contributed by atoms with Crippen LogP contribution >= 0.6 is 0 Å². The first-order valence-corrected chi connectivity index (χ1v) is 7.01. The first kappa shape index (κ1) is 14.0. The number of hydrogen-bond donors (Lipinski definition) is 1. The third kappa shape index (κ3) is 2.90. The molecule has 0 saturated carbocycles. The van der Waals surface area contributed by atoms with Crippen molar-refractivity contribution in [2.45, 2.75) is 25.4 Å². The Morgan fingerprint density at radius 2 is 2.05 bits per heavy atom. The number of halogens is 2. The van der Waals surface area contributed by atoms with Gasteiger partial charge in [-0.15, -0.1) is 0 Å². The third-order valence-corrected chi connectivity index (χ3v) is 3.98. The molecule has 110 valence electrons. The number of benzene rings is 2. The van der Waals surface area contributed by atoms with Crippen LogP contribution in [0.25, 0.3) is 0 Å². The monoisotopic (exact) mass is 289 g/mol. The van der Waals surface area contributed by atoms with Gasteiger partial charge in [0.05, 0.1) is 7.11 Å². The van der Waals surface area contributed by atoms with E-state index in [0.717, 1.165) is 30.7 Å². The van der Waals surface area contributed by atoms with Crippen LogP contribution < -0.4 is 10.1 Å². The molecule has 0 aliphatic heterocycles. The van der Waals surface area contributed by atoms with Crippen molar-refractivity contribution in [2.24, 2.45) is 0 Å². The van der Waals surface area contributed by atoms with Gasteiger partial charge in [0.25, 0.3) is 0 Å². The van der Waals surface area contributed by atoms with Gasteiger partial charge < -0.3 is 10.1 Å². The van der Waals surface area contributed by atoms with E-state index in [2.05, 4.69) is 11.4 Å². The predicted octanol–water partition coefficient (Wildman–Crippen LogP) is 3.75. The maximum absolute atomic E-state index is 13.6. The van der Waals surface area contributed by atoms with Gasteiger partial charge in [-0.2, -0.15) is 0 Å². The summed E-state index contributed by atoms with van der Waals surface area (Å²) in [4.78, 5) is 0. The van der Waals surface area contributed by atoms with E-state index in [9.17, 15) is 8.78 Å². The first-order valence-electron chi connectivity index (χ1n) is 7.01. The predicted molar refractivity (Wildman–Crippen MR) is 77.3 cm³/mol. The van der Waals surface area contributed by atoms with E-state index in [4.69, 9.17) is 4.74 Å². The second-order valence-electron chi connectivity index (χ2n) is 5.27. The molecule has 1 unspecified atom stereocenters. The molecule has 0 fully saturated rings. The fourth-order valence-corrected chi connectivity index (χ4v) is 2.83. The highest BCUT2D eigenvalue weighted by molar-refractivity contribution is 5.40. The Hall–Kier alpha value is -1.94. The lowest BCUT2D eigenvalue weighted by Gasteiger charge is -2.15. The standard InChI is InChI=1S/C17H17F2NO/c1-21-14-5-2-11-3-7-17(15(11)9-14)20-10-12-8-13(18)4-6-16(12)19/h2,4-6,8-9,17,20H,3,7,10H2,1H3. The van der Waals surface area contributed by atoms with E-state index < -0.39 is 5.82 Å². The molecule has 0 saturated heterocycles. The maximum atomic E-state index is 13.6. The minimum absolute atomic E-state index is 0.151. The normalized spacial score (nSPS) is 16.8. The summed E-state index contributed by atoms with van der Waals surface area (Å²) in [5.74, 6) is 0.0221. The number of rotatable bonds is 4. The van der Waals surface area contributed by atoms with Crippen molar-refractivity contribution >= 4 is 0 Å². The van der Waals surface area contributed by atoms with E-state index >= 15 is 0 Å². The topological polar surface area (TPSA) is 21.3 Å². The SMILES string of the molecule is COc1ccc2c(c1)C(NCc1cc(F)ccc1F)CC2. The average molecular weight is 289 g/mol. The average Bonchev–Trinajstić information content (AvgIpc) is 2.90. The Morgan fingerprint density at radius 3 is 2.86 bits per heavy atom. The van der Waals surface area contributed by atoms with Crippen LogP contribution in [0.3, 0.4) is 0 Å². The Kier molecular flexibility index (Phi) is 3.88. The molecule has 2 nitrogen and oxygen atoms in total. The largest absolute Gasteiger partial charge is 0.497 e. The Bertz CT molecular complexity index is 657. The van der Waals surface area contributed by atoms with Gasteiger partial charge in [0.2, 0.25) is 0 Å². The molecule has 0 spiro atoms. The maximum Gasteiger partial charge on any atom is 0.127 e. The van der Waals surface area contributed by atoms with Crippen LogP contribution in [-0.2, 0) is 13.0 Å². The molecule has 1 aliphatic rings. The molecule has 1 aliphatic carbocycles. The molecule has 1 N–H and O–H groups in total. The van der Waals surface area contributed by atoms with Crippen molar-refractivity contribution in [3.05, 3.63) is 64.7 Å². The van der Waals surface area contributed by atoms with Crippen molar-refractivity contribution in [2.75, 3.05) is 7.11 Å². The van der Waals surface area contributed by atoms with Crippen LogP contribution in [0.5, 0.6) is 5.75 Å². The Labute approximate surface area is 122 Å². The molecule has 0 amide bonds. The van der Waals surface area contributed by atoms with E-state index in [-0.39, 0.29) is 11.9 Å². The van der Waals surface area contributed by atoms with E-state index in [1.807, 2.05) is 12.1 Å². The van der Waals surface area contributed by atoms with Crippen LogP contribution in [0.15, 0.2) is 36.4 Å². The second kappa shape index (κ2) is 5.82. The van der Waals surface area contributed by atoms with Crippen molar-refractivity contribution in [3.8, 4) is 5.75 Å². The molecule has 2 aromatic carbocycles. The molecule has 2 aromatic rings. The lowest BCUT2D eigenvalue weighted by Crippen LogP contribution is -2.19. The van der Waals surface area contributed by atoms with E-state index in [0.29, 0.717) is 12.1 Å². The molecule has 0 radical (unpaired) electrons. The quantitative estimate of drug-likeness (QED) is 0.925. The van der Waals surface area contributed by atoms with Crippen LogP contribution in [-0.4, -0.2) is 7.11 Å². The number of hydrogen-bond acceptors (Lipinski definition) is 2. The summed E-state index contributed by atoms with van der Waals surface area (Å²) in [6.45, 7) is 0.310. The highest BCUT2D eigenvalue weighted by atomic mass is 19.1. The van der Waals surface area contributed by atoms with Gasteiger partial charge in [-0.05, 0) is 54.3 Å². The first-order chi connectivity index (χ1) is 10.2. The minimum Gasteiger partial charge on any atom is -0.497 e. The zero-order valence-electron chi connectivity index (χ0n) is 11.8. The zero-order chi connectivity index (χ0) is 14.8. The molecule has 0 heterocycles. The highest BCUT2D eigenvalue weighted by Gasteiger charge is 2.22. The van der Waals surface area contributed by atoms with Crippen molar-refractivity contribution in [1.82, 2.24) is 5.32 Å². The number of fused-ring (bicyclic) bond motifs is 1. The lowest BCUT2D eigenvalue weighted by molar-refractivity contribution is 0.413. The van der Waals surface area contributed by atoms with Crippen molar-refractivity contribution in [3.63, 3.8) is 0 Å². The van der Waals surface area contributed by atoms with Crippen LogP contribution in [0.2, 0.25) is 0 Å². The summed E-state index contributed by atoms with van der Waals surface area (Å²) < 4.78 is 32.1. The molecular formula is C17H17F2NO. The second-order valence-corrected chi connectivity index (χ2v) is 5.27. The summed E-state index contributed by atoms with van der Waals surface area (Å²) in [7, 11) is 1.64. The van der Waals surface area contributed by atoms with Gasteiger partial charge in [0.15, 0.2) is 0 Å². The number of ether oxygens (including phenoxy) is 1.